The quantitative estimate of drug-likeness (QED) is 0.719. The van der Waals surface area contributed by atoms with E-state index < -0.39 is 0 Å². The zero-order valence-electron chi connectivity index (χ0n) is 15.1. The molecule has 24 heavy (non-hydrogen) atoms. The fourth-order valence-electron chi connectivity index (χ4n) is 2.13. The van der Waals surface area contributed by atoms with E-state index in [2.05, 4.69) is 5.32 Å². The van der Waals surface area contributed by atoms with Crippen molar-refractivity contribution < 1.29 is 19.1 Å². The molecule has 134 valence electrons. The zero-order chi connectivity index (χ0) is 18.1. The van der Waals surface area contributed by atoms with E-state index in [9.17, 15) is 9.59 Å². The molecule has 0 fully saturated rings. The lowest BCUT2D eigenvalue weighted by atomic mass is 10.2. The minimum absolute atomic E-state index is 0.0249. The first kappa shape index (κ1) is 19.8. The molecular weight excluding hydrogens is 310 g/mol. The average molecular weight is 337 g/mol. The van der Waals surface area contributed by atoms with Crippen LogP contribution in [0.2, 0.25) is 0 Å². The smallest absolute Gasteiger partial charge is 0.239 e. The van der Waals surface area contributed by atoms with Gasteiger partial charge in [-0.1, -0.05) is 6.07 Å². The van der Waals surface area contributed by atoms with Gasteiger partial charge in [-0.25, -0.2) is 0 Å². The molecule has 1 rings (SSSR count). The van der Waals surface area contributed by atoms with Crippen molar-refractivity contribution in [3.05, 3.63) is 23.8 Å². The third-order valence-electron chi connectivity index (χ3n) is 3.48. The molecule has 0 aliphatic heterocycles. The lowest BCUT2D eigenvalue weighted by Crippen LogP contribution is -2.41. The Morgan fingerprint density at radius 1 is 1.12 bits per heavy atom. The van der Waals surface area contributed by atoms with Gasteiger partial charge < -0.3 is 24.6 Å². The van der Waals surface area contributed by atoms with Crippen LogP contribution in [0.4, 0.5) is 0 Å². The third kappa shape index (κ3) is 6.45. The summed E-state index contributed by atoms with van der Waals surface area (Å²) in [4.78, 5) is 27.3. The van der Waals surface area contributed by atoms with Crippen LogP contribution in [0.1, 0.15) is 12.5 Å². The Balaban J connectivity index is 2.69. The average Bonchev–Trinajstić information content (AvgIpc) is 2.53. The van der Waals surface area contributed by atoms with Gasteiger partial charge in [0.05, 0.1) is 20.8 Å². The minimum atomic E-state index is -0.174. The molecule has 0 aromatic heterocycles. The Labute approximate surface area is 143 Å². The van der Waals surface area contributed by atoms with Crippen LogP contribution >= 0.6 is 0 Å². The Bertz CT molecular complexity index is 561. The van der Waals surface area contributed by atoms with Gasteiger partial charge in [-0.3, -0.25) is 9.59 Å². The van der Waals surface area contributed by atoms with E-state index in [0.717, 1.165) is 12.1 Å². The zero-order valence-corrected chi connectivity index (χ0v) is 15.1. The molecule has 0 saturated heterocycles. The van der Waals surface area contributed by atoms with Crippen molar-refractivity contribution in [1.29, 1.82) is 0 Å². The molecule has 0 radical (unpaired) electrons. The molecule has 1 aromatic carbocycles. The van der Waals surface area contributed by atoms with Gasteiger partial charge in [0, 0.05) is 26.6 Å². The van der Waals surface area contributed by atoms with Gasteiger partial charge in [-0.15, -0.1) is 0 Å². The summed E-state index contributed by atoms with van der Waals surface area (Å²) in [5, 5.41) is 2.81. The van der Waals surface area contributed by atoms with Crippen LogP contribution in [-0.4, -0.2) is 69.6 Å². The highest BCUT2D eigenvalue weighted by atomic mass is 16.5. The lowest BCUT2D eigenvalue weighted by molar-refractivity contribution is -0.134. The standard InChI is InChI=1S/C17H27N3O4/c1-13(21)20(12-17(22)18-8-9-19(2)3)11-14-6-7-15(23-4)16(10-14)24-5/h6-7,10H,8-9,11-12H2,1-5H3,(H,18,22). The molecule has 0 aliphatic carbocycles. The summed E-state index contributed by atoms with van der Waals surface area (Å²) in [5.41, 5.74) is 0.865. The topological polar surface area (TPSA) is 71.1 Å². The van der Waals surface area contributed by atoms with Crippen molar-refractivity contribution in [2.45, 2.75) is 13.5 Å². The Kier molecular flexibility index (Phi) is 8.05. The minimum Gasteiger partial charge on any atom is -0.493 e. The van der Waals surface area contributed by atoms with E-state index >= 15 is 0 Å². The predicted octanol–water partition coefficient (Wildman–Crippen LogP) is 0.730. The Morgan fingerprint density at radius 3 is 2.33 bits per heavy atom. The van der Waals surface area contributed by atoms with Crippen LogP contribution in [0.15, 0.2) is 18.2 Å². The molecule has 0 aliphatic rings. The van der Waals surface area contributed by atoms with Crippen LogP contribution in [0.25, 0.3) is 0 Å². The number of ether oxygens (including phenoxy) is 2. The lowest BCUT2D eigenvalue weighted by Gasteiger charge is -2.21. The first-order valence-corrected chi connectivity index (χ1v) is 7.75. The second kappa shape index (κ2) is 9.77. The Hall–Kier alpha value is -2.28. The number of amides is 2. The summed E-state index contributed by atoms with van der Waals surface area (Å²) >= 11 is 0. The molecule has 0 atom stereocenters. The molecule has 0 unspecified atom stereocenters. The van der Waals surface area contributed by atoms with Crippen molar-refractivity contribution in [3.8, 4) is 11.5 Å². The highest BCUT2D eigenvalue weighted by Crippen LogP contribution is 2.28. The van der Waals surface area contributed by atoms with Gasteiger partial charge in [-0.2, -0.15) is 0 Å². The van der Waals surface area contributed by atoms with Gasteiger partial charge >= 0.3 is 0 Å². The number of likely N-dealkylation sites (N-methyl/N-ethyl adjacent to an activating group) is 1. The van der Waals surface area contributed by atoms with Crippen LogP contribution in [0, 0.1) is 0 Å². The second-order valence-electron chi connectivity index (χ2n) is 5.72. The van der Waals surface area contributed by atoms with E-state index in [-0.39, 0.29) is 18.4 Å². The number of hydrogen-bond acceptors (Lipinski definition) is 5. The maximum Gasteiger partial charge on any atom is 0.239 e. The number of hydrogen-bond donors (Lipinski definition) is 1. The summed E-state index contributed by atoms with van der Waals surface area (Å²) in [7, 11) is 7.00. The predicted molar refractivity (Wildman–Crippen MR) is 92.2 cm³/mol. The molecule has 2 amide bonds. The normalized spacial score (nSPS) is 10.4. The summed E-state index contributed by atoms with van der Waals surface area (Å²) in [5.74, 6) is 0.881. The number of nitrogens with zero attached hydrogens (tertiary/aromatic N) is 2. The number of carbonyl (C=O) groups excluding carboxylic acids is 2. The van der Waals surface area contributed by atoms with Crippen molar-refractivity contribution >= 4 is 11.8 Å². The van der Waals surface area contributed by atoms with E-state index in [1.165, 1.54) is 11.8 Å². The number of benzene rings is 1. The van der Waals surface area contributed by atoms with E-state index in [4.69, 9.17) is 9.47 Å². The number of methoxy groups -OCH3 is 2. The van der Waals surface area contributed by atoms with Gasteiger partial charge in [0.1, 0.15) is 0 Å². The van der Waals surface area contributed by atoms with E-state index in [1.54, 1.807) is 26.4 Å². The highest BCUT2D eigenvalue weighted by molar-refractivity contribution is 5.83. The third-order valence-corrected chi connectivity index (χ3v) is 3.48. The number of rotatable bonds is 9. The summed E-state index contributed by atoms with van der Waals surface area (Å²) < 4.78 is 10.5. The van der Waals surface area contributed by atoms with Gasteiger partial charge in [-0.05, 0) is 31.8 Å². The molecule has 7 heteroatoms. The molecular formula is C17H27N3O4. The molecule has 0 saturated carbocycles. The van der Waals surface area contributed by atoms with Crippen molar-refractivity contribution in [2.24, 2.45) is 0 Å². The summed E-state index contributed by atoms with van der Waals surface area (Å²) in [6.07, 6.45) is 0. The molecule has 1 aromatic rings. The van der Waals surface area contributed by atoms with Crippen LogP contribution < -0.4 is 14.8 Å². The van der Waals surface area contributed by atoms with Crippen molar-refractivity contribution in [2.75, 3.05) is 47.9 Å². The highest BCUT2D eigenvalue weighted by Gasteiger charge is 2.15. The molecule has 1 N–H and O–H groups in total. The van der Waals surface area contributed by atoms with Gasteiger partial charge in [0.25, 0.3) is 0 Å². The fourth-order valence-corrected chi connectivity index (χ4v) is 2.13. The largest absolute Gasteiger partial charge is 0.493 e. The second-order valence-corrected chi connectivity index (χ2v) is 5.72. The SMILES string of the molecule is COc1ccc(CN(CC(=O)NCCN(C)C)C(C)=O)cc1OC. The first-order valence-electron chi connectivity index (χ1n) is 7.75. The number of carbonyl (C=O) groups is 2. The van der Waals surface area contributed by atoms with Gasteiger partial charge in [0.15, 0.2) is 11.5 Å². The van der Waals surface area contributed by atoms with Gasteiger partial charge in [0.2, 0.25) is 11.8 Å². The molecule has 0 spiro atoms. The number of nitrogens with one attached hydrogen (secondary N) is 1. The fraction of sp³-hybridized carbons (Fsp3) is 0.529. The van der Waals surface area contributed by atoms with Crippen molar-refractivity contribution in [1.82, 2.24) is 15.1 Å². The van der Waals surface area contributed by atoms with Crippen molar-refractivity contribution in [3.63, 3.8) is 0 Å². The molecule has 0 heterocycles. The Morgan fingerprint density at radius 2 is 1.79 bits per heavy atom. The first-order chi connectivity index (χ1) is 11.4. The van der Waals surface area contributed by atoms with Crippen LogP contribution in [-0.2, 0) is 16.1 Å². The van der Waals surface area contributed by atoms with E-state index in [0.29, 0.717) is 24.6 Å². The van der Waals surface area contributed by atoms with Crippen LogP contribution in [0.5, 0.6) is 11.5 Å². The monoisotopic (exact) mass is 337 g/mol. The van der Waals surface area contributed by atoms with Crippen LogP contribution in [0.3, 0.4) is 0 Å². The maximum atomic E-state index is 12.0. The summed E-state index contributed by atoms with van der Waals surface area (Å²) in [6, 6.07) is 5.43. The molecule has 0 bridgehead atoms. The molecule has 7 nitrogen and oxygen atoms in total. The summed E-state index contributed by atoms with van der Waals surface area (Å²) in [6.45, 7) is 3.11. The maximum absolute atomic E-state index is 12.0. The van der Waals surface area contributed by atoms with E-state index in [1.807, 2.05) is 25.1 Å².